The molecule has 0 saturated heterocycles. The number of hydrogen-bond acceptors (Lipinski definition) is 3. The normalized spacial score (nSPS) is 10.5. The van der Waals surface area contributed by atoms with Gasteiger partial charge in [-0.25, -0.2) is 0 Å². The molecule has 0 unspecified atom stereocenters. The van der Waals surface area contributed by atoms with E-state index in [1.165, 1.54) is 9.75 Å². The molecule has 1 aromatic carbocycles. The highest BCUT2D eigenvalue weighted by atomic mass is 32.1. The molecule has 0 amide bonds. The molecule has 0 spiro atoms. The molecule has 2 rings (SSSR count). The summed E-state index contributed by atoms with van der Waals surface area (Å²) in [6.45, 7) is 4.05. The van der Waals surface area contributed by atoms with Crippen LogP contribution in [0.3, 0.4) is 0 Å². The number of carbonyl (C=O) groups is 2. The zero-order valence-corrected chi connectivity index (χ0v) is 9.35. The lowest BCUT2D eigenvalue weighted by atomic mass is 10.0. The number of aldehydes is 2. The average Bonchev–Trinajstić information content (AvgIpc) is 2.52. The van der Waals surface area contributed by atoms with Crippen LogP contribution in [-0.2, 0) is 0 Å². The maximum absolute atomic E-state index is 10.8. The summed E-state index contributed by atoms with van der Waals surface area (Å²) < 4.78 is 0. The van der Waals surface area contributed by atoms with Gasteiger partial charge in [-0.2, -0.15) is 0 Å². The Morgan fingerprint density at radius 1 is 0.933 bits per heavy atom. The van der Waals surface area contributed by atoms with Crippen molar-refractivity contribution in [2.75, 3.05) is 0 Å². The van der Waals surface area contributed by atoms with Crippen LogP contribution in [-0.4, -0.2) is 12.6 Å². The lowest BCUT2D eigenvalue weighted by Gasteiger charge is -1.99. The second-order valence-corrected chi connectivity index (χ2v) is 4.91. The van der Waals surface area contributed by atoms with Crippen LogP contribution in [0.1, 0.15) is 30.5 Å². The first-order valence-corrected chi connectivity index (χ1v) is 5.43. The van der Waals surface area contributed by atoms with Gasteiger partial charge in [-0.05, 0) is 36.8 Å². The lowest BCUT2D eigenvalue weighted by Crippen LogP contribution is -1.90. The van der Waals surface area contributed by atoms with Crippen LogP contribution in [0, 0.1) is 13.8 Å². The van der Waals surface area contributed by atoms with Crippen molar-refractivity contribution in [2.24, 2.45) is 0 Å². The van der Waals surface area contributed by atoms with Crippen molar-refractivity contribution in [1.29, 1.82) is 0 Å². The van der Waals surface area contributed by atoms with E-state index in [-0.39, 0.29) is 0 Å². The number of thiophene rings is 1. The maximum atomic E-state index is 10.8. The Morgan fingerprint density at radius 2 is 1.33 bits per heavy atom. The highest BCUT2D eigenvalue weighted by molar-refractivity contribution is 7.13. The van der Waals surface area contributed by atoms with Gasteiger partial charge in [0.25, 0.3) is 0 Å². The quantitative estimate of drug-likeness (QED) is 0.726. The topological polar surface area (TPSA) is 34.1 Å². The molecule has 1 aromatic heterocycles. The van der Waals surface area contributed by atoms with Crippen molar-refractivity contribution in [3.8, 4) is 0 Å². The zero-order chi connectivity index (χ0) is 11.0. The van der Waals surface area contributed by atoms with E-state index in [4.69, 9.17) is 0 Å². The standard InChI is InChI=1S/C12H10O2S/c1-7-11-3-9(5-13)10(6-14)4-12(11)8(2)15-7/h3-6H,1-2H3. The van der Waals surface area contributed by atoms with Gasteiger partial charge in [-0.3, -0.25) is 9.59 Å². The van der Waals surface area contributed by atoms with E-state index in [2.05, 4.69) is 0 Å². The monoisotopic (exact) mass is 218 g/mol. The second-order valence-electron chi connectivity index (χ2n) is 3.48. The second kappa shape index (κ2) is 3.59. The van der Waals surface area contributed by atoms with E-state index >= 15 is 0 Å². The molecule has 0 fully saturated rings. The third-order valence-corrected chi connectivity index (χ3v) is 3.59. The predicted octanol–water partition coefficient (Wildman–Crippen LogP) is 3.14. The smallest absolute Gasteiger partial charge is 0.150 e. The van der Waals surface area contributed by atoms with E-state index in [0.717, 1.165) is 23.3 Å². The molecule has 76 valence electrons. The number of aryl methyl sites for hydroxylation is 2. The molecular weight excluding hydrogens is 208 g/mol. The van der Waals surface area contributed by atoms with Gasteiger partial charge in [0.2, 0.25) is 0 Å². The number of rotatable bonds is 2. The molecule has 0 N–H and O–H groups in total. The van der Waals surface area contributed by atoms with Crippen molar-refractivity contribution in [1.82, 2.24) is 0 Å². The van der Waals surface area contributed by atoms with E-state index in [1.54, 1.807) is 23.5 Å². The SMILES string of the molecule is Cc1sc(C)c2cc(C=O)c(C=O)cc12. The van der Waals surface area contributed by atoms with Gasteiger partial charge in [-0.1, -0.05) is 0 Å². The van der Waals surface area contributed by atoms with Crippen LogP contribution in [0.15, 0.2) is 12.1 Å². The van der Waals surface area contributed by atoms with Crippen LogP contribution in [0.2, 0.25) is 0 Å². The Morgan fingerprint density at radius 3 is 1.67 bits per heavy atom. The molecule has 0 aliphatic rings. The zero-order valence-electron chi connectivity index (χ0n) is 8.53. The minimum atomic E-state index is 0.471. The Balaban J connectivity index is 2.89. The van der Waals surface area contributed by atoms with Gasteiger partial charge in [0.05, 0.1) is 0 Å². The molecule has 1 heterocycles. The largest absolute Gasteiger partial charge is 0.298 e. The Labute approximate surface area is 91.5 Å². The number of hydrogen-bond donors (Lipinski definition) is 0. The third-order valence-electron chi connectivity index (χ3n) is 2.54. The summed E-state index contributed by atoms with van der Waals surface area (Å²) in [7, 11) is 0. The van der Waals surface area contributed by atoms with E-state index in [1.807, 2.05) is 13.8 Å². The molecule has 0 bridgehead atoms. The Bertz CT molecular complexity index is 504. The first kappa shape index (κ1) is 10.1. The minimum Gasteiger partial charge on any atom is -0.298 e. The molecule has 0 radical (unpaired) electrons. The summed E-state index contributed by atoms with van der Waals surface area (Å²) >= 11 is 1.69. The van der Waals surface area contributed by atoms with Crippen molar-refractivity contribution in [3.05, 3.63) is 33.0 Å². The summed E-state index contributed by atoms with van der Waals surface area (Å²) in [5.41, 5.74) is 0.941. The predicted molar refractivity (Wildman–Crippen MR) is 62.1 cm³/mol. The lowest BCUT2D eigenvalue weighted by molar-refractivity contribution is 0.109. The molecule has 2 aromatic rings. The van der Waals surface area contributed by atoms with Crippen LogP contribution < -0.4 is 0 Å². The summed E-state index contributed by atoms with van der Waals surface area (Å²) in [5.74, 6) is 0. The first-order chi connectivity index (χ1) is 7.17. The fourth-order valence-corrected chi connectivity index (χ4v) is 2.78. The van der Waals surface area contributed by atoms with Gasteiger partial charge in [0.15, 0.2) is 12.6 Å². The van der Waals surface area contributed by atoms with Crippen molar-refractivity contribution < 1.29 is 9.59 Å². The van der Waals surface area contributed by atoms with Crippen molar-refractivity contribution >= 4 is 34.7 Å². The summed E-state index contributed by atoms with van der Waals surface area (Å²) in [5, 5.41) is 2.15. The summed E-state index contributed by atoms with van der Waals surface area (Å²) in [6, 6.07) is 3.59. The van der Waals surface area contributed by atoms with E-state index in [9.17, 15) is 9.59 Å². The van der Waals surface area contributed by atoms with Crippen LogP contribution in [0.25, 0.3) is 10.8 Å². The van der Waals surface area contributed by atoms with Crippen LogP contribution in [0.4, 0.5) is 0 Å². The molecule has 0 aliphatic carbocycles. The van der Waals surface area contributed by atoms with E-state index in [0.29, 0.717) is 11.1 Å². The van der Waals surface area contributed by atoms with Crippen molar-refractivity contribution in [2.45, 2.75) is 13.8 Å². The van der Waals surface area contributed by atoms with Crippen LogP contribution in [0.5, 0.6) is 0 Å². The molecule has 2 nitrogen and oxygen atoms in total. The summed E-state index contributed by atoms with van der Waals surface area (Å²) in [4.78, 5) is 24.0. The molecular formula is C12H10O2S. The average molecular weight is 218 g/mol. The number of fused-ring (bicyclic) bond motifs is 1. The van der Waals surface area contributed by atoms with Gasteiger partial charge in [0, 0.05) is 20.9 Å². The first-order valence-electron chi connectivity index (χ1n) is 4.61. The maximum Gasteiger partial charge on any atom is 0.150 e. The molecule has 0 aliphatic heterocycles. The number of benzene rings is 1. The number of carbonyl (C=O) groups excluding carboxylic acids is 2. The highest BCUT2D eigenvalue weighted by Crippen LogP contribution is 2.31. The van der Waals surface area contributed by atoms with Crippen molar-refractivity contribution in [3.63, 3.8) is 0 Å². The fourth-order valence-electron chi connectivity index (χ4n) is 1.76. The Hall–Kier alpha value is -1.48. The van der Waals surface area contributed by atoms with Gasteiger partial charge < -0.3 is 0 Å². The van der Waals surface area contributed by atoms with Gasteiger partial charge in [0.1, 0.15) is 0 Å². The molecule has 15 heavy (non-hydrogen) atoms. The fraction of sp³-hybridized carbons (Fsp3) is 0.167. The van der Waals surface area contributed by atoms with E-state index < -0.39 is 0 Å². The van der Waals surface area contributed by atoms with Gasteiger partial charge in [-0.15, -0.1) is 11.3 Å². The van der Waals surface area contributed by atoms with Crippen LogP contribution >= 0.6 is 11.3 Å². The molecule has 0 atom stereocenters. The third kappa shape index (κ3) is 1.49. The van der Waals surface area contributed by atoms with Gasteiger partial charge >= 0.3 is 0 Å². The molecule has 3 heteroatoms. The Kier molecular flexibility index (Phi) is 2.40. The minimum absolute atomic E-state index is 0.471. The molecule has 0 saturated carbocycles. The summed E-state index contributed by atoms with van der Waals surface area (Å²) in [6.07, 6.45) is 1.46. The highest BCUT2D eigenvalue weighted by Gasteiger charge is 2.09.